The molecular weight excluding hydrogens is 278 g/mol. The van der Waals surface area contributed by atoms with Crippen molar-refractivity contribution in [3.63, 3.8) is 0 Å². The lowest BCUT2D eigenvalue weighted by molar-refractivity contribution is 0.190. The third kappa shape index (κ3) is 4.08. The molecule has 2 rings (SSSR count). The van der Waals surface area contributed by atoms with Crippen LogP contribution in [0.5, 0.6) is 0 Å². The van der Waals surface area contributed by atoms with E-state index >= 15 is 0 Å². The number of nitrogens with one attached hydrogen (secondary N) is 2. The van der Waals surface area contributed by atoms with Crippen molar-refractivity contribution in [3.05, 3.63) is 36.2 Å². The van der Waals surface area contributed by atoms with Gasteiger partial charge in [-0.2, -0.15) is 0 Å². The summed E-state index contributed by atoms with van der Waals surface area (Å²) in [6.07, 6.45) is 2.50. The zero-order valence-electron chi connectivity index (χ0n) is 13.3. The molecule has 0 aliphatic carbocycles. The first-order chi connectivity index (χ1) is 10.6. The van der Waals surface area contributed by atoms with E-state index < -0.39 is 0 Å². The van der Waals surface area contributed by atoms with Crippen LogP contribution in [0.15, 0.2) is 30.6 Å². The zero-order valence-corrected chi connectivity index (χ0v) is 13.3. The summed E-state index contributed by atoms with van der Waals surface area (Å²) in [6.45, 7) is 4.70. The SMILES string of the molecule is CCc1ccc(Nc2ncnc(NC(C)COC)c2N)cc1. The Morgan fingerprint density at radius 2 is 1.86 bits per heavy atom. The van der Waals surface area contributed by atoms with Crippen LogP contribution in [0.2, 0.25) is 0 Å². The summed E-state index contributed by atoms with van der Waals surface area (Å²) < 4.78 is 5.10. The van der Waals surface area contributed by atoms with E-state index in [1.54, 1.807) is 7.11 Å². The van der Waals surface area contributed by atoms with Gasteiger partial charge in [-0.25, -0.2) is 9.97 Å². The highest BCUT2D eigenvalue weighted by Crippen LogP contribution is 2.26. The van der Waals surface area contributed by atoms with Crippen molar-refractivity contribution in [1.29, 1.82) is 0 Å². The van der Waals surface area contributed by atoms with Crippen LogP contribution >= 0.6 is 0 Å². The second-order valence-electron chi connectivity index (χ2n) is 5.16. The molecule has 0 aliphatic rings. The van der Waals surface area contributed by atoms with E-state index in [0.717, 1.165) is 12.1 Å². The first kappa shape index (κ1) is 16.0. The molecule has 6 nitrogen and oxygen atoms in total. The average molecular weight is 301 g/mol. The van der Waals surface area contributed by atoms with Gasteiger partial charge in [0, 0.05) is 18.8 Å². The largest absolute Gasteiger partial charge is 0.393 e. The lowest BCUT2D eigenvalue weighted by Crippen LogP contribution is -2.22. The highest BCUT2D eigenvalue weighted by Gasteiger charge is 2.10. The van der Waals surface area contributed by atoms with E-state index in [-0.39, 0.29) is 6.04 Å². The van der Waals surface area contributed by atoms with Gasteiger partial charge in [-0.3, -0.25) is 0 Å². The minimum atomic E-state index is 0.110. The summed E-state index contributed by atoms with van der Waals surface area (Å²) in [5.74, 6) is 1.19. The maximum Gasteiger partial charge on any atom is 0.159 e. The van der Waals surface area contributed by atoms with Gasteiger partial charge in [0.15, 0.2) is 11.6 Å². The molecule has 6 heteroatoms. The quantitative estimate of drug-likeness (QED) is 0.729. The monoisotopic (exact) mass is 301 g/mol. The van der Waals surface area contributed by atoms with Crippen molar-refractivity contribution in [3.8, 4) is 0 Å². The molecule has 1 heterocycles. The Labute approximate surface area is 131 Å². The number of aromatic nitrogens is 2. The smallest absolute Gasteiger partial charge is 0.159 e. The second-order valence-corrected chi connectivity index (χ2v) is 5.16. The Kier molecular flexibility index (Phi) is 5.55. The maximum absolute atomic E-state index is 6.14. The van der Waals surface area contributed by atoms with E-state index in [1.807, 2.05) is 19.1 Å². The number of ether oxygens (including phenoxy) is 1. The molecule has 0 saturated carbocycles. The molecule has 1 aromatic heterocycles. The minimum Gasteiger partial charge on any atom is -0.393 e. The summed E-state index contributed by atoms with van der Waals surface area (Å²) in [6, 6.07) is 8.31. The van der Waals surface area contributed by atoms with Crippen LogP contribution < -0.4 is 16.4 Å². The number of nitrogens with two attached hydrogens (primary N) is 1. The summed E-state index contributed by atoms with van der Waals surface area (Å²) in [5, 5.41) is 6.44. The van der Waals surface area contributed by atoms with Crippen molar-refractivity contribution in [2.45, 2.75) is 26.3 Å². The molecule has 4 N–H and O–H groups in total. The molecule has 0 bridgehead atoms. The van der Waals surface area contributed by atoms with Crippen LogP contribution in [0, 0.1) is 0 Å². The van der Waals surface area contributed by atoms with Crippen molar-refractivity contribution in [2.75, 3.05) is 30.1 Å². The standard InChI is InChI=1S/C16H23N5O/c1-4-12-5-7-13(8-6-12)21-16-14(17)15(18-10-19-16)20-11(2)9-22-3/h5-8,10-11H,4,9,17H2,1-3H3,(H2,18,19,20,21). The van der Waals surface area contributed by atoms with Gasteiger partial charge in [0.2, 0.25) is 0 Å². The fourth-order valence-electron chi connectivity index (χ4n) is 2.10. The number of nitrogens with zero attached hydrogens (tertiary/aromatic N) is 2. The van der Waals surface area contributed by atoms with Crippen LogP contribution in [0.4, 0.5) is 23.0 Å². The predicted molar refractivity (Wildman–Crippen MR) is 90.5 cm³/mol. The predicted octanol–water partition coefficient (Wildman–Crippen LogP) is 2.81. The molecule has 1 aromatic carbocycles. The molecule has 0 spiro atoms. The first-order valence-electron chi connectivity index (χ1n) is 7.36. The Bertz CT molecular complexity index is 600. The van der Waals surface area contributed by atoms with Gasteiger partial charge < -0.3 is 21.1 Å². The number of methoxy groups -OCH3 is 1. The third-order valence-electron chi connectivity index (χ3n) is 3.31. The molecule has 0 radical (unpaired) electrons. The van der Waals surface area contributed by atoms with Gasteiger partial charge >= 0.3 is 0 Å². The van der Waals surface area contributed by atoms with E-state index in [0.29, 0.717) is 23.9 Å². The molecule has 1 unspecified atom stereocenters. The number of nitrogen functional groups attached to an aromatic ring is 1. The van der Waals surface area contributed by atoms with E-state index in [2.05, 4.69) is 39.7 Å². The van der Waals surface area contributed by atoms with Crippen LogP contribution in [0.1, 0.15) is 19.4 Å². The Balaban J connectivity index is 2.13. The van der Waals surface area contributed by atoms with E-state index in [4.69, 9.17) is 10.5 Å². The number of hydrogen-bond donors (Lipinski definition) is 3. The topological polar surface area (TPSA) is 85.1 Å². The highest BCUT2D eigenvalue weighted by molar-refractivity contribution is 5.77. The molecule has 0 fully saturated rings. The lowest BCUT2D eigenvalue weighted by atomic mass is 10.1. The number of hydrogen-bond acceptors (Lipinski definition) is 6. The Morgan fingerprint density at radius 1 is 1.18 bits per heavy atom. The Hall–Kier alpha value is -2.34. The number of anilines is 4. The molecular formula is C16H23N5O. The number of rotatable bonds is 7. The second kappa shape index (κ2) is 7.61. The fraction of sp³-hybridized carbons (Fsp3) is 0.375. The fourth-order valence-corrected chi connectivity index (χ4v) is 2.10. The molecule has 0 saturated heterocycles. The van der Waals surface area contributed by atoms with Gasteiger partial charge in [0.05, 0.1) is 6.61 Å². The van der Waals surface area contributed by atoms with Crippen molar-refractivity contribution in [2.24, 2.45) is 0 Å². The number of aryl methyl sites for hydroxylation is 1. The molecule has 1 atom stereocenters. The van der Waals surface area contributed by atoms with Gasteiger partial charge in [-0.1, -0.05) is 19.1 Å². The number of benzene rings is 1. The highest BCUT2D eigenvalue weighted by atomic mass is 16.5. The van der Waals surface area contributed by atoms with Crippen molar-refractivity contribution < 1.29 is 4.74 Å². The van der Waals surface area contributed by atoms with Crippen molar-refractivity contribution in [1.82, 2.24) is 9.97 Å². The lowest BCUT2D eigenvalue weighted by Gasteiger charge is -2.16. The van der Waals surface area contributed by atoms with Crippen molar-refractivity contribution >= 4 is 23.0 Å². The van der Waals surface area contributed by atoms with Gasteiger partial charge in [0.25, 0.3) is 0 Å². The molecule has 0 amide bonds. The van der Waals surface area contributed by atoms with Gasteiger partial charge in [-0.15, -0.1) is 0 Å². The van der Waals surface area contributed by atoms with E-state index in [1.165, 1.54) is 11.9 Å². The van der Waals surface area contributed by atoms with Crippen LogP contribution in [0.25, 0.3) is 0 Å². The molecule has 118 valence electrons. The van der Waals surface area contributed by atoms with Crippen LogP contribution in [0.3, 0.4) is 0 Å². The summed E-state index contributed by atoms with van der Waals surface area (Å²) >= 11 is 0. The maximum atomic E-state index is 6.14. The van der Waals surface area contributed by atoms with E-state index in [9.17, 15) is 0 Å². The normalized spacial score (nSPS) is 12.0. The third-order valence-corrected chi connectivity index (χ3v) is 3.31. The molecule has 0 aliphatic heterocycles. The van der Waals surface area contributed by atoms with Gasteiger partial charge in [0.1, 0.15) is 12.0 Å². The van der Waals surface area contributed by atoms with Crippen LogP contribution in [-0.2, 0) is 11.2 Å². The average Bonchev–Trinajstić information content (AvgIpc) is 2.52. The van der Waals surface area contributed by atoms with Crippen LogP contribution in [-0.4, -0.2) is 29.7 Å². The molecule has 22 heavy (non-hydrogen) atoms. The minimum absolute atomic E-state index is 0.110. The molecule has 2 aromatic rings. The summed E-state index contributed by atoms with van der Waals surface area (Å²) in [5.41, 5.74) is 8.86. The van der Waals surface area contributed by atoms with Gasteiger partial charge in [-0.05, 0) is 31.0 Å². The summed E-state index contributed by atoms with van der Waals surface area (Å²) in [4.78, 5) is 8.40. The first-order valence-corrected chi connectivity index (χ1v) is 7.36. The summed E-state index contributed by atoms with van der Waals surface area (Å²) in [7, 11) is 1.66. The Morgan fingerprint density at radius 3 is 2.50 bits per heavy atom. The zero-order chi connectivity index (χ0) is 15.9.